The second kappa shape index (κ2) is 6.06. The first kappa shape index (κ1) is 14.5. The van der Waals surface area contributed by atoms with E-state index in [0.29, 0.717) is 24.8 Å². The Balaban J connectivity index is 1.94. The lowest BCUT2D eigenvalue weighted by Crippen LogP contribution is -2.24. The molecule has 6 nitrogen and oxygen atoms in total. The van der Waals surface area contributed by atoms with Gasteiger partial charge in [-0.05, 0) is 12.8 Å². The normalized spacial score (nSPS) is 15.6. The van der Waals surface area contributed by atoms with Gasteiger partial charge in [-0.25, -0.2) is 13.1 Å². The van der Waals surface area contributed by atoms with Gasteiger partial charge >= 0.3 is 0 Å². The number of allylic oxidation sites excluding steroid dienone is 1. The van der Waals surface area contributed by atoms with Crippen molar-refractivity contribution in [2.75, 3.05) is 18.6 Å². The number of rotatable bonds is 8. The molecule has 0 aromatic carbocycles. The fraction of sp³-hybridized carbons (Fsp3) is 0.636. The zero-order valence-electron chi connectivity index (χ0n) is 10.9. The summed E-state index contributed by atoms with van der Waals surface area (Å²) in [6.45, 7) is 4.84. The number of aromatic nitrogens is 3. The molecule has 1 N–H and O–H groups in total. The predicted molar refractivity (Wildman–Crippen MR) is 75.8 cm³/mol. The van der Waals surface area contributed by atoms with Crippen LogP contribution in [-0.2, 0) is 16.6 Å². The number of thioether (sulfide) groups is 1. The average Bonchev–Trinajstić information content (AvgIpc) is 3.08. The van der Waals surface area contributed by atoms with Gasteiger partial charge < -0.3 is 4.57 Å². The smallest absolute Gasteiger partial charge is 0.208 e. The molecule has 0 atom stereocenters. The largest absolute Gasteiger partial charge is 0.302 e. The molecule has 0 radical (unpaired) electrons. The number of hydrogen-bond donors (Lipinski definition) is 1. The van der Waals surface area contributed by atoms with Crippen LogP contribution in [0.4, 0.5) is 0 Å². The van der Waals surface area contributed by atoms with E-state index in [9.17, 15) is 8.42 Å². The van der Waals surface area contributed by atoms with Gasteiger partial charge in [0, 0.05) is 24.8 Å². The van der Waals surface area contributed by atoms with Crippen molar-refractivity contribution in [3.8, 4) is 0 Å². The molecular weight excluding hydrogens is 284 g/mol. The molecule has 2 rings (SSSR count). The molecule has 1 aromatic rings. The molecule has 1 fully saturated rings. The monoisotopic (exact) mass is 302 g/mol. The molecule has 1 aromatic heterocycles. The highest BCUT2D eigenvalue weighted by Crippen LogP contribution is 2.39. The second-order valence-electron chi connectivity index (χ2n) is 4.53. The van der Waals surface area contributed by atoms with E-state index in [1.54, 1.807) is 0 Å². The first-order chi connectivity index (χ1) is 9.01. The Morgan fingerprint density at radius 2 is 2.26 bits per heavy atom. The maximum absolute atomic E-state index is 10.9. The Morgan fingerprint density at radius 1 is 1.53 bits per heavy atom. The van der Waals surface area contributed by atoms with Gasteiger partial charge in [0.1, 0.15) is 5.82 Å². The number of nitrogens with zero attached hydrogens (tertiary/aromatic N) is 3. The highest BCUT2D eigenvalue weighted by Gasteiger charge is 2.30. The van der Waals surface area contributed by atoms with Crippen LogP contribution in [-0.4, -0.2) is 41.7 Å². The second-order valence-corrected chi connectivity index (χ2v) is 7.42. The van der Waals surface area contributed by atoms with Crippen LogP contribution in [0, 0.1) is 0 Å². The number of sulfonamides is 1. The fourth-order valence-electron chi connectivity index (χ4n) is 1.72. The Labute approximate surface area is 117 Å². The van der Waals surface area contributed by atoms with Crippen LogP contribution in [0.3, 0.4) is 0 Å². The Kier molecular flexibility index (Phi) is 4.64. The first-order valence-electron chi connectivity index (χ1n) is 6.12. The lowest BCUT2D eigenvalue weighted by atomic mass is 10.4. The molecule has 1 saturated carbocycles. The molecule has 0 amide bonds. The van der Waals surface area contributed by atoms with Crippen LogP contribution in [0.15, 0.2) is 17.8 Å². The van der Waals surface area contributed by atoms with Gasteiger partial charge in [0.25, 0.3) is 0 Å². The van der Waals surface area contributed by atoms with Crippen molar-refractivity contribution in [2.24, 2.45) is 0 Å². The lowest BCUT2D eigenvalue weighted by Gasteiger charge is -2.06. The predicted octanol–water partition coefficient (Wildman–Crippen LogP) is 0.983. The Bertz CT molecular complexity index is 549. The third-order valence-corrected chi connectivity index (χ3v) is 4.39. The van der Waals surface area contributed by atoms with Crippen molar-refractivity contribution >= 4 is 21.8 Å². The van der Waals surface area contributed by atoms with Gasteiger partial charge in [-0.2, -0.15) is 0 Å². The summed E-state index contributed by atoms with van der Waals surface area (Å²) in [4.78, 5) is 0. The van der Waals surface area contributed by atoms with Gasteiger partial charge in [0.05, 0.1) is 6.26 Å². The van der Waals surface area contributed by atoms with E-state index in [2.05, 4.69) is 26.1 Å². The number of hydrogen-bond acceptors (Lipinski definition) is 5. The Hall–Kier alpha value is -0.860. The van der Waals surface area contributed by atoms with E-state index in [4.69, 9.17) is 0 Å². The van der Waals surface area contributed by atoms with Gasteiger partial charge in [-0.3, -0.25) is 0 Å². The SMILES string of the molecule is C=CCn1c(SCCNS(C)(=O)=O)nnc1C1CC1. The molecule has 1 aliphatic rings. The van der Waals surface area contributed by atoms with E-state index in [-0.39, 0.29) is 0 Å². The van der Waals surface area contributed by atoms with Crippen molar-refractivity contribution in [3.63, 3.8) is 0 Å². The van der Waals surface area contributed by atoms with Crippen molar-refractivity contribution in [1.82, 2.24) is 19.5 Å². The zero-order valence-corrected chi connectivity index (χ0v) is 12.5. The standard InChI is InChI=1S/C11H18N4O2S2/c1-3-7-15-10(9-4-5-9)13-14-11(15)18-8-6-12-19(2,16)17/h3,9,12H,1,4-8H2,2H3. The van der Waals surface area contributed by atoms with Gasteiger partial charge in [0.15, 0.2) is 5.16 Å². The topological polar surface area (TPSA) is 76.9 Å². The summed E-state index contributed by atoms with van der Waals surface area (Å²) < 4.78 is 26.4. The molecule has 8 heteroatoms. The molecule has 0 unspecified atom stereocenters. The summed E-state index contributed by atoms with van der Waals surface area (Å²) >= 11 is 1.51. The fourth-order valence-corrected chi connectivity index (χ4v) is 3.13. The van der Waals surface area contributed by atoms with Crippen LogP contribution in [0.1, 0.15) is 24.6 Å². The van der Waals surface area contributed by atoms with Crippen LogP contribution in [0.5, 0.6) is 0 Å². The van der Waals surface area contributed by atoms with Crippen molar-refractivity contribution < 1.29 is 8.42 Å². The maximum atomic E-state index is 10.9. The van der Waals surface area contributed by atoms with Gasteiger partial charge in [-0.1, -0.05) is 17.8 Å². The molecule has 0 bridgehead atoms. The first-order valence-corrected chi connectivity index (χ1v) is 9.00. The summed E-state index contributed by atoms with van der Waals surface area (Å²) in [6, 6.07) is 0. The van der Waals surface area contributed by atoms with E-state index in [1.165, 1.54) is 24.6 Å². The molecule has 1 aliphatic carbocycles. The van der Waals surface area contributed by atoms with E-state index in [0.717, 1.165) is 17.2 Å². The molecule has 1 heterocycles. The van der Waals surface area contributed by atoms with Gasteiger partial charge in [-0.15, -0.1) is 16.8 Å². The van der Waals surface area contributed by atoms with Crippen LogP contribution in [0.25, 0.3) is 0 Å². The molecule has 0 saturated heterocycles. The van der Waals surface area contributed by atoms with Crippen LogP contribution >= 0.6 is 11.8 Å². The Morgan fingerprint density at radius 3 is 2.84 bits per heavy atom. The highest BCUT2D eigenvalue weighted by molar-refractivity contribution is 7.99. The van der Waals surface area contributed by atoms with Crippen molar-refractivity contribution in [2.45, 2.75) is 30.5 Å². The molecule has 0 aliphatic heterocycles. The minimum absolute atomic E-state index is 0.392. The summed E-state index contributed by atoms with van der Waals surface area (Å²) in [7, 11) is -3.12. The lowest BCUT2D eigenvalue weighted by molar-refractivity contribution is 0.590. The van der Waals surface area contributed by atoms with Crippen LogP contribution in [0.2, 0.25) is 0 Å². The maximum Gasteiger partial charge on any atom is 0.208 e. The van der Waals surface area contributed by atoms with Gasteiger partial charge in [0.2, 0.25) is 10.0 Å². The molecule has 19 heavy (non-hydrogen) atoms. The average molecular weight is 302 g/mol. The summed E-state index contributed by atoms with van der Waals surface area (Å²) in [5.74, 6) is 2.20. The minimum Gasteiger partial charge on any atom is -0.302 e. The summed E-state index contributed by atoms with van der Waals surface area (Å²) in [6.07, 6.45) is 5.34. The molecular formula is C11H18N4O2S2. The number of nitrogens with one attached hydrogen (secondary N) is 1. The summed E-state index contributed by atoms with van der Waals surface area (Å²) in [5.41, 5.74) is 0. The molecule has 0 spiro atoms. The van der Waals surface area contributed by atoms with Crippen molar-refractivity contribution in [3.05, 3.63) is 18.5 Å². The highest BCUT2D eigenvalue weighted by atomic mass is 32.2. The minimum atomic E-state index is -3.12. The van der Waals surface area contributed by atoms with E-state index < -0.39 is 10.0 Å². The quantitative estimate of drug-likeness (QED) is 0.440. The van der Waals surface area contributed by atoms with E-state index in [1.807, 2.05) is 6.08 Å². The third kappa shape index (κ3) is 4.32. The van der Waals surface area contributed by atoms with Crippen LogP contribution < -0.4 is 4.72 Å². The van der Waals surface area contributed by atoms with Crippen molar-refractivity contribution in [1.29, 1.82) is 0 Å². The van der Waals surface area contributed by atoms with E-state index >= 15 is 0 Å². The molecule has 106 valence electrons. The third-order valence-electron chi connectivity index (χ3n) is 2.70. The zero-order chi connectivity index (χ0) is 13.9. The summed E-state index contributed by atoms with van der Waals surface area (Å²) in [5, 5.41) is 9.24.